The minimum atomic E-state index is 0.101. The Kier molecular flexibility index (Phi) is 9.80. The van der Waals surface area contributed by atoms with Gasteiger partial charge in [-0.05, 0) is 43.2 Å². The molecule has 0 unspecified atom stereocenters. The molecule has 2 heterocycles. The number of nitrogens with one attached hydrogen (secondary N) is 1. The fraction of sp³-hybridized carbons (Fsp3) is 0.500. The summed E-state index contributed by atoms with van der Waals surface area (Å²) in [6, 6.07) is 12.1. The monoisotopic (exact) mass is 433 g/mol. The number of hydrogen-bond donors (Lipinski definition) is 1. The van der Waals surface area contributed by atoms with E-state index in [9.17, 15) is 4.79 Å². The maximum Gasteiger partial charge on any atom is 0.224 e. The maximum atomic E-state index is 12.4. The van der Waals surface area contributed by atoms with Crippen LogP contribution >= 0.6 is 0 Å². The van der Waals surface area contributed by atoms with Gasteiger partial charge in [-0.3, -0.25) is 4.79 Å². The summed E-state index contributed by atoms with van der Waals surface area (Å²) in [5, 5.41) is 3.06. The van der Waals surface area contributed by atoms with Crippen LogP contribution in [0.5, 0.6) is 0 Å². The van der Waals surface area contributed by atoms with Crippen LogP contribution in [0, 0.1) is 6.92 Å². The number of aryl methyl sites for hydroxylation is 1. The number of imidazole rings is 1. The number of carbonyl (C=O) groups is 1. The summed E-state index contributed by atoms with van der Waals surface area (Å²) in [7, 11) is 0. The molecule has 1 N–H and O–H groups in total. The molecule has 0 saturated carbocycles. The van der Waals surface area contributed by atoms with Crippen LogP contribution in [0.15, 0.2) is 48.8 Å². The molecular formula is C28H39N3O. The van der Waals surface area contributed by atoms with E-state index in [4.69, 9.17) is 4.98 Å². The van der Waals surface area contributed by atoms with Gasteiger partial charge in [-0.2, -0.15) is 0 Å². The highest BCUT2D eigenvalue weighted by Gasteiger charge is 2.07. The standard InChI is InChI=1S/C28H39N3O/c1-3-4-5-6-7-8-9-10-11-12-13-17-28(32)29-25-16-14-15-24(21-25)26-22-31-19-18-23(2)20-27(31)30-26/h14-16,18-22H,3-13,17H2,1-2H3,(H,29,32). The van der Waals surface area contributed by atoms with Crippen LogP contribution in [0.4, 0.5) is 5.69 Å². The summed E-state index contributed by atoms with van der Waals surface area (Å²) in [5.74, 6) is 0.101. The molecule has 0 aliphatic heterocycles. The normalized spacial score (nSPS) is 11.2. The Morgan fingerprint density at radius 2 is 1.59 bits per heavy atom. The second kappa shape index (κ2) is 13.0. The van der Waals surface area contributed by atoms with Gasteiger partial charge in [0.25, 0.3) is 0 Å². The molecular weight excluding hydrogens is 394 g/mol. The number of amides is 1. The van der Waals surface area contributed by atoms with Crippen molar-refractivity contribution in [3.63, 3.8) is 0 Å². The number of nitrogens with zero attached hydrogens (tertiary/aromatic N) is 2. The van der Waals surface area contributed by atoms with Gasteiger partial charge in [-0.15, -0.1) is 0 Å². The second-order valence-electron chi connectivity index (χ2n) is 9.01. The van der Waals surface area contributed by atoms with E-state index in [1.807, 2.05) is 41.1 Å². The van der Waals surface area contributed by atoms with Crippen molar-refractivity contribution in [3.8, 4) is 11.3 Å². The van der Waals surface area contributed by atoms with E-state index in [2.05, 4.69) is 31.3 Å². The topological polar surface area (TPSA) is 46.4 Å². The van der Waals surface area contributed by atoms with Crippen molar-refractivity contribution in [2.24, 2.45) is 0 Å². The SMILES string of the molecule is CCCCCCCCCCCCCC(=O)Nc1cccc(-c2cn3ccc(C)cc3n2)c1. The van der Waals surface area contributed by atoms with Crippen molar-refractivity contribution in [2.75, 3.05) is 5.32 Å². The van der Waals surface area contributed by atoms with Crippen LogP contribution in [0.25, 0.3) is 16.9 Å². The van der Waals surface area contributed by atoms with Gasteiger partial charge in [0.2, 0.25) is 5.91 Å². The molecule has 32 heavy (non-hydrogen) atoms. The Morgan fingerprint density at radius 1 is 0.906 bits per heavy atom. The highest BCUT2D eigenvalue weighted by molar-refractivity contribution is 5.91. The number of pyridine rings is 1. The molecule has 0 bridgehead atoms. The number of aromatic nitrogens is 2. The summed E-state index contributed by atoms with van der Waals surface area (Å²) < 4.78 is 2.03. The van der Waals surface area contributed by atoms with Crippen molar-refractivity contribution < 1.29 is 4.79 Å². The highest BCUT2D eigenvalue weighted by Crippen LogP contribution is 2.23. The zero-order valence-electron chi connectivity index (χ0n) is 19.9. The number of carbonyl (C=O) groups excluding carboxylic acids is 1. The number of anilines is 1. The van der Waals surface area contributed by atoms with Crippen LogP contribution in [-0.2, 0) is 4.79 Å². The maximum absolute atomic E-state index is 12.4. The summed E-state index contributed by atoms with van der Waals surface area (Å²) >= 11 is 0. The van der Waals surface area contributed by atoms with Gasteiger partial charge in [0.05, 0.1) is 5.69 Å². The predicted molar refractivity (Wildman–Crippen MR) is 135 cm³/mol. The molecule has 3 aromatic rings. The van der Waals surface area contributed by atoms with E-state index < -0.39 is 0 Å². The summed E-state index contributed by atoms with van der Waals surface area (Å²) in [4.78, 5) is 17.1. The van der Waals surface area contributed by atoms with Crippen molar-refractivity contribution >= 4 is 17.2 Å². The summed E-state index contributed by atoms with van der Waals surface area (Å²) in [6.45, 7) is 4.33. The summed E-state index contributed by atoms with van der Waals surface area (Å²) in [5.41, 5.74) is 4.89. The lowest BCUT2D eigenvalue weighted by molar-refractivity contribution is -0.116. The van der Waals surface area contributed by atoms with Crippen LogP contribution in [0.3, 0.4) is 0 Å². The van der Waals surface area contributed by atoms with Crippen molar-refractivity contribution in [2.45, 2.75) is 90.9 Å². The molecule has 1 aromatic carbocycles. The lowest BCUT2D eigenvalue weighted by atomic mass is 10.1. The molecule has 0 radical (unpaired) electrons. The molecule has 4 nitrogen and oxygen atoms in total. The molecule has 0 spiro atoms. The minimum Gasteiger partial charge on any atom is -0.326 e. The lowest BCUT2D eigenvalue weighted by Gasteiger charge is -2.07. The van der Waals surface area contributed by atoms with Crippen LogP contribution in [0.2, 0.25) is 0 Å². The quantitative estimate of drug-likeness (QED) is 0.262. The fourth-order valence-corrected chi connectivity index (χ4v) is 4.15. The first-order valence-corrected chi connectivity index (χ1v) is 12.5. The third-order valence-electron chi connectivity index (χ3n) is 6.07. The zero-order valence-corrected chi connectivity index (χ0v) is 19.9. The molecule has 4 heteroatoms. The van der Waals surface area contributed by atoms with Crippen LogP contribution < -0.4 is 5.32 Å². The van der Waals surface area contributed by atoms with Gasteiger partial charge >= 0.3 is 0 Å². The number of unbranched alkanes of at least 4 members (excludes halogenated alkanes) is 10. The third kappa shape index (κ3) is 7.81. The average Bonchev–Trinajstić information content (AvgIpc) is 3.21. The van der Waals surface area contributed by atoms with E-state index in [1.165, 1.54) is 63.4 Å². The van der Waals surface area contributed by atoms with Gasteiger partial charge in [0.15, 0.2) is 0 Å². The highest BCUT2D eigenvalue weighted by atomic mass is 16.1. The largest absolute Gasteiger partial charge is 0.326 e. The van der Waals surface area contributed by atoms with Crippen LogP contribution in [-0.4, -0.2) is 15.3 Å². The smallest absolute Gasteiger partial charge is 0.224 e. The summed E-state index contributed by atoms with van der Waals surface area (Å²) in [6.07, 6.45) is 18.9. The molecule has 1 amide bonds. The number of benzene rings is 1. The molecule has 0 fully saturated rings. The average molecular weight is 434 g/mol. The Morgan fingerprint density at radius 3 is 2.31 bits per heavy atom. The Labute approximate surface area is 193 Å². The lowest BCUT2D eigenvalue weighted by Crippen LogP contribution is -2.11. The van der Waals surface area contributed by atoms with E-state index in [-0.39, 0.29) is 5.91 Å². The molecule has 0 atom stereocenters. The Balaban J connectivity index is 1.36. The van der Waals surface area contributed by atoms with E-state index in [0.717, 1.165) is 35.4 Å². The van der Waals surface area contributed by atoms with Crippen molar-refractivity contribution in [3.05, 3.63) is 54.4 Å². The minimum absolute atomic E-state index is 0.101. The first-order valence-electron chi connectivity index (χ1n) is 12.5. The van der Waals surface area contributed by atoms with E-state index >= 15 is 0 Å². The second-order valence-corrected chi connectivity index (χ2v) is 9.01. The van der Waals surface area contributed by atoms with Gasteiger partial charge in [-0.1, -0.05) is 83.3 Å². The first kappa shape index (κ1) is 24.0. The van der Waals surface area contributed by atoms with Crippen LogP contribution in [0.1, 0.15) is 89.5 Å². The van der Waals surface area contributed by atoms with E-state index in [1.54, 1.807) is 0 Å². The molecule has 3 rings (SSSR count). The number of hydrogen-bond acceptors (Lipinski definition) is 2. The van der Waals surface area contributed by atoms with Gasteiger partial charge < -0.3 is 9.72 Å². The molecule has 0 aliphatic rings. The molecule has 2 aromatic heterocycles. The molecule has 0 aliphatic carbocycles. The van der Waals surface area contributed by atoms with Gasteiger partial charge in [0.1, 0.15) is 5.65 Å². The Bertz CT molecular complexity index is 976. The predicted octanol–water partition coefficient (Wildman–Crippen LogP) is 7.95. The number of rotatable bonds is 14. The Hall–Kier alpha value is -2.62. The first-order chi connectivity index (χ1) is 15.7. The third-order valence-corrected chi connectivity index (χ3v) is 6.07. The van der Waals surface area contributed by atoms with Gasteiger partial charge in [0, 0.05) is 30.1 Å². The van der Waals surface area contributed by atoms with Crippen molar-refractivity contribution in [1.29, 1.82) is 0 Å². The van der Waals surface area contributed by atoms with Crippen molar-refractivity contribution in [1.82, 2.24) is 9.38 Å². The van der Waals surface area contributed by atoms with Gasteiger partial charge in [-0.25, -0.2) is 4.98 Å². The van der Waals surface area contributed by atoms with E-state index in [0.29, 0.717) is 6.42 Å². The number of fused-ring (bicyclic) bond motifs is 1. The molecule has 0 saturated heterocycles. The fourth-order valence-electron chi connectivity index (χ4n) is 4.15. The molecule has 172 valence electrons. The zero-order chi connectivity index (χ0) is 22.6.